The summed E-state index contributed by atoms with van der Waals surface area (Å²) in [6.07, 6.45) is 9.27. The third-order valence-electron chi connectivity index (χ3n) is 2.99. The Morgan fingerprint density at radius 1 is 1.60 bits per heavy atom. The highest BCUT2D eigenvalue weighted by Gasteiger charge is 2.19. The second kappa shape index (κ2) is 4.79. The molecule has 1 fully saturated rings. The molecule has 3 nitrogen and oxygen atoms in total. The number of rotatable bonds is 6. The van der Waals surface area contributed by atoms with Gasteiger partial charge in [0, 0.05) is 18.3 Å². The summed E-state index contributed by atoms with van der Waals surface area (Å²) in [6.45, 7) is 5.49. The predicted molar refractivity (Wildman–Crippen MR) is 61.9 cm³/mol. The van der Waals surface area contributed by atoms with E-state index in [1.807, 2.05) is 6.20 Å². The van der Waals surface area contributed by atoms with Crippen LogP contribution in [0.25, 0.3) is 0 Å². The fourth-order valence-electron chi connectivity index (χ4n) is 1.80. The van der Waals surface area contributed by atoms with Crippen molar-refractivity contribution in [3.8, 4) is 0 Å². The van der Waals surface area contributed by atoms with Gasteiger partial charge in [0.05, 0.1) is 6.20 Å². The quantitative estimate of drug-likeness (QED) is 0.725. The number of aromatic nitrogens is 2. The molecule has 2 rings (SSSR count). The molecule has 0 aromatic carbocycles. The Balaban J connectivity index is 1.64. The molecule has 15 heavy (non-hydrogen) atoms. The van der Waals surface area contributed by atoms with Gasteiger partial charge < -0.3 is 5.32 Å². The normalized spacial score (nSPS) is 18.0. The van der Waals surface area contributed by atoms with Crippen molar-refractivity contribution in [1.29, 1.82) is 0 Å². The van der Waals surface area contributed by atoms with Crippen molar-refractivity contribution < 1.29 is 0 Å². The molecule has 1 aliphatic rings. The van der Waals surface area contributed by atoms with E-state index >= 15 is 0 Å². The molecule has 1 saturated carbocycles. The topological polar surface area (TPSA) is 29.9 Å². The maximum Gasteiger partial charge on any atom is 0.0519 e. The van der Waals surface area contributed by atoms with Crippen LogP contribution in [0.15, 0.2) is 12.4 Å². The zero-order valence-corrected chi connectivity index (χ0v) is 9.74. The van der Waals surface area contributed by atoms with Gasteiger partial charge in [-0.2, -0.15) is 5.10 Å². The summed E-state index contributed by atoms with van der Waals surface area (Å²) in [4.78, 5) is 0. The maximum absolute atomic E-state index is 4.34. The highest BCUT2D eigenvalue weighted by molar-refractivity contribution is 5.00. The van der Waals surface area contributed by atoms with Gasteiger partial charge in [-0.25, -0.2) is 0 Å². The predicted octanol–water partition coefficient (Wildman–Crippen LogP) is 2.28. The average molecular weight is 207 g/mol. The summed E-state index contributed by atoms with van der Waals surface area (Å²) in [5.41, 5.74) is 1.25. The van der Waals surface area contributed by atoms with Crippen molar-refractivity contribution in [2.45, 2.75) is 51.6 Å². The summed E-state index contributed by atoms with van der Waals surface area (Å²) >= 11 is 0. The van der Waals surface area contributed by atoms with E-state index in [0.717, 1.165) is 12.6 Å². The number of nitrogens with one attached hydrogen (secondary N) is 1. The van der Waals surface area contributed by atoms with Gasteiger partial charge in [-0.3, -0.25) is 4.68 Å². The fraction of sp³-hybridized carbons (Fsp3) is 0.750. The summed E-state index contributed by atoms with van der Waals surface area (Å²) in [5.74, 6) is 0. The van der Waals surface area contributed by atoms with E-state index in [2.05, 4.69) is 35.1 Å². The van der Waals surface area contributed by atoms with E-state index in [9.17, 15) is 0 Å². The Hall–Kier alpha value is -0.830. The first kappa shape index (κ1) is 10.7. The Morgan fingerprint density at radius 2 is 2.40 bits per heavy atom. The van der Waals surface area contributed by atoms with Crippen molar-refractivity contribution in [1.82, 2.24) is 15.1 Å². The molecule has 0 aliphatic heterocycles. The summed E-state index contributed by atoms with van der Waals surface area (Å²) in [7, 11) is 0. The van der Waals surface area contributed by atoms with E-state index in [-0.39, 0.29) is 0 Å². The minimum absolute atomic E-state index is 0.528. The monoisotopic (exact) mass is 207 g/mol. The van der Waals surface area contributed by atoms with Gasteiger partial charge >= 0.3 is 0 Å². The summed E-state index contributed by atoms with van der Waals surface area (Å²) in [5, 5.41) is 7.88. The van der Waals surface area contributed by atoms with Crippen molar-refractivity contribution in [3.63, 3.8) is 0 Å². The number of hydrogen-bond acceptors (Lipinski definition) is 2. The zero-order chi connectivity index (χ0) is 10.7. The molecule has 1 atom stereocenters. The lowest BCUT2D eigenvalue weighted by atomic mass is 10.2. The van der Waals surface area contributed by atoms with Crippen molar-refractivity contribution >= 4 is 0 Å². The molecule has 0 radical (unpaired) electrons. The molecular formula is C12H21N3. The number of aryl methyl sites for hydroxylation is 1. The van der Waals surface area contributed by atoms with Gasteiger partial charge in [0.2, 0.25) is 0 Å². The van der Waals surface area contributed by atoms with Crippen LogP contribution in [0, 0.1) is 6.92 Å². The van der Waals surface area contributed by atoms with Crippen LogP contribution in [-0.4, -0.2) is 22.4 Å². The van der Waals surface area contributed by atoms with Crippen LogP contribution in [0.1, 0.15) is 44.2 Å². The van der Waals surface area contributed by atoms with E-state index in [0.29, 0.717) is 6.04 Å². The maximum atomic E-state index is 4.34. The standard InChI is InChI=1S/C12H21N3/c1-10-8-14-15(9-10)11(2)4-3-7-13-12-5-6-12/h8-9,11-13H,3-7H2,1-2H3. The summed E-state index contributed by atoms with van der Waals surface area (Å²) in [6, 6.07) is 1.37. The largest absolute Gasteiger partial charge is 0.314 e. The summed E-state index contributed by atoms with van der Waals surface area (Å²) < 4.78 is 2.08. The second-order valence-corrected chi connectivity index (χ2v) is 4.72. The lowest BCUT2D eigenvalue weighted by Gasteiger charge is -2.12. The van der Waals surface area contributed by atoms with Crippen LogP contribution in [0.3, 0.4) is 0 Å². The van der Waals surface area contributed by atoms with Gasteiger partial charge in [0.15, 0.2) is 0 Å². The van der Waals surface area contributed by atoms with Crippen LogP contribution < -0.4 is 5.32 Å². The zero-order valence-electron chi connectivity index (χ0n) is 9.74. The van der Waals surface area contributed by atoms with Crippen molar-refractivity contribution in [2.75, 3.05) is 6.54 Å². The molecular weight excluding hydrogens is 186 g/mol. The highest BCUT2D eigenvalue weighted by atomic mass is 15.3. The van der Waals surface area contributed by atoms with Crippen LogP contribution in [0.2, 0.25) is 0 Å². The van der Waals surface area contributed by atoms with E-state index in [4.69, 9.17) is 0 Å². The SMILES string of the molecule is Cc1cnn(C(C)CCCNC2CC2)c1. The number of hydrogen-bond donors (Lipinski definition) is 1. The van der Waals surface area contributed by atoms with Gasteiger partial charge in [-0.1, -0.05) is 0 Å². The molecule has 84 valence electrons. The molecule has 3 heteroatoms. The molecule has 1 unspecified atom stereocenters. The Labute approximate surface area is 91.9 Å². The lowest BCUT2D eigenvalue weighted by molar-refractivity contribution is 0.438. The third-order valence-corrected chi connectivity index (χ3v) is 2.99. The molecule has 0 amide bonds. The van der Waals surface area contributed by atoms with Gasteiger partial charge in [0.1, 0.15) is 0 Å². The molecule has 1 N–H and O–H groups in total. The van der Waals surface area contributed by atoms with Gasteiger partial charge in [-0.05, 0) is 51.6 Å². The van der Waals surface area contributed by atoms with Gasteiger partial charge in [0.25, 0.3) is 0 Å². The fourth-order valence-corrected chi connectivity index (χ4v) is 1.80. The Bertz CT molecular complexity index is 302. The first-order valence-electron chi connectivity index (χ1n) is 6.00. The molecule has 1 aromatic heterocycles. The average Bonchev–Trinajstić information content (AvgIpc) is 2.94. The first-order valence-corrected chi connectivity index (χ1v) is 6.00. The van der Waals surface area contributed by atoms with E-state index < -0.39 is 0 Å². The smallest absolute Gasteiger partial charge is 0.0519 e. The van der Waals surface area contributed by atoms with Gasteiger partial charge in [-0.15, -0.1) is 0 Å². The van der Waals surface area contributed by atoms with E-state index in [1.165, 1.54) is 31.2 Å². The molecule has 1 aliphatic carbocycles. The Morgan fingerprint density at radius 3 is 3.00 bits per heavy atom. The molecule has 0 spiro atoms. The van der Waals surface area contributed by atoms with Crippen LogP contribution in [-0.2, 0) is 0 Å². The van der Waals surface area contributed by atoms with Crippen LogP contribution in [0.4, 0.5) is 0 Å². The van der Waals surface area contributed by atoms with Crippen LogP contribution in [0.5, 0.6) is 0 Å². The van der Waals surface area contributed by atoms with E-state index in [1.54, 1.807) is 0 Å². The van der Waals surface area contributed by atoms with Crippen molar-refractivity contribution in [3.05, 3.63) is 18.0 Å². The lowest BCUT2D eigenvalue weighted by Crippen LogP contribution is -2.18. The molecule has 0 saturated heterocycles. The Kier molecular flexibility index (Phi) is 3.41. The minimum atomic E-state index is 0.528. The van der Waals surface area contributed by atoms with Crippen LogP contribution >= 0.6 is 0 Å². The minimum Gasteiger partial charge on any atom is -0.314 e. The third kappa shape index (κ3) is 3.34. The number of nitrogens with zero attached hydrogens (tertiary/aromatic N) is 2. The molecule has 1 heterocycles. The molecule has 0 bridgehead atoms. The second-order valence-electron chi connectivity index (χ2n) is 4.72. The molecule has 1 aromatic rings. The highest BCUT2D eigenvalue weighted by Crippen LogP contribution is 2.19. The van der Waals surface area contributed by atoms with Crippen molar-refractivity contribution in [2.24, 2.45) is 0 Å². The first-order chi connectivity index (χ1) is 7.25.